The zero-order valence-corrected chi connectivity index (χ0v) is 15.1. The maximum Gasteiger partial charge on any atom is 0.227 e. The van der Waals surface area contributed by atoms with E-state index in [0.29, 0.717) is 52.2 Å². The summed E-state index contributed by atoms with van der Waals surface area (Å²) in [6.07, 6.45) is 3.53. The van der Waals surface area contributed by atoms with Crippen LogP contribution in [0.3, 0.4) is 0 Å². The summed E-state index contributed by atoms with van der Waals surface area (Å²) in [5, 5.41) is 0. The number of carbonyl (C=O) groups excluding carboxylic acids is 3. The van der Waals surface area contributed by atoms with Crippen molar-refractivity contribution in [2.45, 2.75) is 32.1 Å². The molecule has 0 aromatic rings. The Morgan fingerprint density at radius 2 is 1.52 bits per heavy atom. The van der Waals surface area contributed by atoms with Gasteiger partial charge in [0.1, 0.15) is 0 Å². The van der Waals surface area contributed by atoms with Gasteiger partial charge in [0.15, 0.2) is 0 Å². The topological polar surface area (TPSA) is 70.2 Å². The summed E-state index contributed by atoms with van der Waals surface area (Å²) >= 11 is 0. The van der Waals surface area contributed by atoms with E-state index in [0.717, 1.165) is 25.8 Å². The fraction of sp³-hybridized carbons (Fsp3) is 0.833. The number of piperidine rings is 1. The van der Waals surface area contributed by atoms with Crippen LogP contribution in [-0.4, -0.2) is 85.4 Å². The molecule has 0 bridgehead atoms. The van der Waals surface area contributed by atoms with Crippen molar-refractivity contribution in [3.63, 3.8) is 0 Å². The number of hydrogen-bond donors (Lipinski definition) is 0. The molecule has 0 aliphatic carbocycles. The Balaban J connectivity index is 1.53. The van der Waals surface area contributed by atoms with Gasteiger partial charge in [-0.1, -0.05) is 0 Å². The van der Waals surface area contributed by atoms with E-state index < -0.39 is 0 Å². The molecule has 0 aromatic heterocycles. The van der Waals surface area contributed by atoms with Gasteiger partial charge in [-0.2, -0.15) is 0 Å². The van der Waals surface area contributed by atoms with Gasteiger partial charge in [0.05, 0.1) is 5.92 Å². The first kappa shape index (κ1) is 18.2. The van der Waals surface area contributed by atoms with Crippen LogP contribution in [0.4, 0.5) is 0 Å². The van der Waals surface area contributed by atoms with E-state index in [2.05, 4.69) is 0 Å². The molecular formula is C18H29N3O4. The molecule has 7 nitrogen and oxygen atoms in total. The lowest BCUT2D eigenvalue weighted by Crippen LogP contribution is -2.47. The minimum absolute atomic E-state index is 0.0778. The van der Waals surface area contributed by atoms with Gasteiger partial charge < -0.3 is 19.4 Å². The standard InChI is InChI=1S/C18H29N3O4/c1-19-13-15(3-4-16(19)22)18(24)21-8-2-7-20(9-10-21)17(23)14-5-11-25-12-6-14/h14-15H,2-13H2,1H3. The number of ether oxygens (including phenoxy) is 1. The quantitative estimate of drug-likeness (QED) is 0.719. The Kier molecular flexibility index (Phi) is 5.93. The molecule has 0 N–H and O–H groups in total. The molecule has 0 aromatic carbocycles. The predicted octanol–water partition coefficient (Wildman–Crippen LogP) is 0.342. The van der Waals surface area contributed by atoms with Gasteiger partial charge in [0, 0.05) is 65.3 Å². The largest absolute Gasteiger partial charge is 0.381 e. The highest BCUT2D eigenvalue weighted by molar-refractivity contribution is 5.84. The lowest BCUT2D eigenvalue weighted by atomic mass is 9.96. The molecule has 1 unspecified atom stereocenters. The summed E-state index contributed by atoms with van der Waals surface area (Å²) in [6.45, 7) is 4.49. The van der Waals surface area contributed by atoms with Gasteiger partial charge in [-0.15, -0.1) is 0 Å². The van der Waals surface area contributed by atoms with Crippen LogP contribution in [-0.2, 0) is 19.1 Å². The first-order valence-corrected chi connectivity index (χ1v) is 9.45. The summed E-state index contributed by atoms with van der Waals surface area (Å²) in [7, 11) is 1.76. The zero-order valence-electron chi connectivity index (χ0n) is 15.1. The molecule has 140 valence electrons. The van der Waals surface area contributed by atoms with Crippen LogP contribution in [0.5, 0.6) is 0 Å². The van der Waals surface area contributed by atoms with Crippen molar-refractivity contribution in [2.75, 3.05) is 53.0 Å². The van der Waals surface area contributed by atoms with E-state index >= 15 is 0 Å². The van der Waals surface area contributed by atoms with Crippen LogP contribution >= 0.6 is 0 Å². The summed E-state index contributed by atoms with van der Waals surface area (Å²) in [5.41, 5.74) is 0. The highest BCUT2D eigenvalue weighted by Gasteiger charge is 2.33. The Hall–Kier alpha value is -1.63. The van der Waals surface area contributed by atoms with Gasteiger partial charge in [0.25, 0.3) is 0 Å². The van der Waals surface area contributed by atoms with E-state index in [9.17, 15) is 14.4 Å². The van der Waals surface area contributed by atoms with Crippen molar-refractivity contribution in [1.82, 2.24) is 14.7 Å². The van der Waals surface area contributed by atoms with E-state index in [1.54, 1.807) is 11.9 Å². The maximum absolute atomic E-state index is 12.8. The number of amides is 3. The van der Waals surface area contributed by atoms with Crippen molar-refractivity contribution in [2.24, 2.45) is 11.8 Å². The third kappa shape index (κ3) is 4.32. The number of hydrogen-bond acceptors (Lipinski definition) is 4. The normalized spacial score (nSPS) is 26.5. The lowest BCUT2D eigenvalue weighted by molar-refractivity contribution is -0.143. The SMILES string of the molecule is CN1CC(C(=O)N2CCCN(C(=O)C3CCOCC3)CC2)CCC1=O. The van der Waals surface area contributed by atoms with Gasteiger partial charge in [-0.05, 0) is 25.7 Å². The molecule has 3 aliphatic rings. The van der Waals surface area contributed by atoms with Crippen LogP contribution in [0.15, 0.2) is 0 Å². The minimum atomic E-state index is -0.0968. The van der Waals surface area contributed by atoms with Crippen LogP contribution < -0.4 is 0 Å². The van der Waals surface area contributed by atoms with E-state index in [-0.39, 0.29) is 29.6 Å². The monoisotopic (exact) mass is 351 g/mol. The van der Waals surface area contributed by atoms with E-state index in [4.69, 9.17) is 4.74 Å². The second-order valence-electron chi connectivity index (χ2n) is 7.40. The van der Waals surface area contributed by atoms with Crippen LogP contribution in [0.25, 0.3) is 0 Å². The fourth-order valence-corrected chi connectivity index (χ4v) is 4.03. The van der Waals surface area contributed by atoms with Gasteiger partial charge in [0.2, 0.25) is 17.7 Å². The van der Waals surface area contributed by atoms with Crippen molar-refractivity contribution in [1.29, 1.82) is 0 Å². The van der Waals surface area contributed by atoms with Crippen molar-refractivity contribution >= 4 is 17.7 Å². The van der Waals surface area contributed by atoms with Gasteiger partial charge >= 0.3 is 0 Å². The molecule has 3 amide bonds. The van der Waals surface area contributed by atoms with Gasteiger partial charge in [-0.3, -0.25) is 14.4 Å². The van der Waals surface area contributed by atoms with Crippen LogP contribution in [0.2, 0.25) is 0 Å². The summed E-state index contributed by atoms with van der Waals surface area (Å²) in [6, 6.07) is 0. The van der Waals surface area contributed by atoms with Crippen LogP contribution in [0, 0.1) is 11.8 Å². The van der Waals surface area contributed by atoms with Crippen molar-refractivity contribution in [3.05, 3.63) is 0 Å². The summed E-state index contributed by atoms with van der Waals surface area (Å²) < 4.78 is 5.34. The van der Waals surface area contributed by atoms with Crippen molar-refractivity contribution in [3.8, 4) is 0 Å². The summed E-state index contributed by atoms with van der Waals surface area (Å²) in [4.78, 5) is 42.6. The minimum Gasteiger partial charge on any atom is -0.381 e. The third-order valence-electron chi connectivity index (χ3n) is 5.67. The highest BCUT2D eigenvalue weighted by Crippen LogP contribution is 2.21. The van der Waals surface area contributed by atoms with E-state index in [1.807, 2.05) is 9.80 Å². The maximum atomic E-state index is 12.8. The summed E-state index contributed by atoms with van der Waals surface area (Å²) in [5.74, 6) is 0.461. The molecule has 0 radical (unpaired) electrons. The molecule has 3 fully saturated rings. The molecule has 0 saturated carbocycles. The third-order valence-corrected chi connectivity index (χ3v) is 5.67. The number of likely N-dealkylation sites (tertiary alicyclic amines) is 1. The molecule has 3 rings (SSSR count). The Bertz CT molecular complexity index is 518. The smallest absolute Gasteiger partial charge is 0.227 e. The number of rotatable bonds is 2. The second-order valence-corrected chi connectivity index (χ2v) is 7.40. The Morgan fingerprint density at radius 3 is 2.12 bits per heavy atom. The van der Waals surface area contributed by atoms with Crippen molar-refractivity contribution < 1.29 is 19.1 Å². The fourth-order valence-electron chi connectivity index (χ4n) is 4.03. The van der Waals surface area contributed by atoms with Crippen LogP contribution in [0.1, 0.15) is 32.1 Å². The molecular weight excluding hydrogens is 322 g/mol. The Morgan fingerprint density at radius 1 is 0.920 bits per heavy atom. The molecule has 1 atom stereocenters. The first-order chi connectivity index (χ1) is 12.1. The molecule has 0 spiro atoms. The average Bonchev–Trinajstić information content (AvgIpc) is 2.89. The predicted molar refractivity (Wildman–Crippen MR) is 91.7 cm³/mol. The van der Waals surface area contributed by atoms with Gasteiger partial charge in [-0.25, -0.2) is 0 Å². The number of carbonyl (C=O) groups is 3. The molecule has 3 aliphatic heterocycles. The zero-order chi connectivity index (χ0) is 17.8. The Labute approximate surface area is 149 Å². The average molecular weight is 351 g/mol. The number of nitrogens with zero attached hydrogens (tertiary/aromatic N) is 3. The molecule has 3 heterocycles. The first-order valence-electron chi connectivity index (χ1n) is 9.45. The molecule has 7 heteroatoms. The molecule has 3 saturated heterocycles. The van der Waals surface area contributed by atoms with E-state index in [1.165, 1.54) is 0 Å². The lowest BCUT2D eigenvalue weighted by Gasteiger charge is -2.32. The second kappa shape index (κ2) is 8.17. The highest BCUT2D eigenvalue weighted by atomic mass is 16.5. The molecule has 25 heavy (non-hydrogen) atoms.